The van der Waals surface area contributed by atoms with E-state index in [1.807, 2.05) is 0 Å². The molecule has 90 valence electrons. The Morgan fingerprint density at radius 2 is 1.76 bits per heavy atom. The number of aryl methyl sites for hydroxylation is 2. The predicted octanol–water partition coefficient (Wildman–Crippen LogP) is 4.39. The van der Waals surface area contributed by atoms with Crippen molar-refractivity contribution >= 4 is 0 Å². The van der Waals surface area contributed by atoms with Crippen molar-refractivity contribution in [3.8, 4) is 0 Å². The van der Waals surface area contributed by atoms with Gasteiger partial charge in [-0.25, -0.2) is 0 Å². The molecule has 0 spiro atoms. The lowest BCUT2D eigenvalue weighted by molar-refractivity contribution is 0.416. The highest BCUT2D eigenvalue weighted by Gasteiger charge is 2.34. The number of allylic oxidation sites excluding steroid dienone is 2. The summed E-state index contributed by atoms with van der Waals surface area (Å²) in [5.74, 6) is 2.80. The van der Waals surface area contributed by atoms with Gasteiger partial charge >= 0.3 is 0 Å². The third-order valence-electron chi connectivity index (χ3n) is 4.65. The van der Waals surface area contributed by atoms with Crippen LogP contribution in [0.1, 0.15) is 37.3 Å². The van der Waals surface area contributed by atoms with Gasteiger partial charge in [0.2, 0.25) is 0 Å². The molecule has 2 aliphatic rings. The summed E-state index contributed by atoms with van der Waals surface area (Å²) < 4.78 is 0. The molecular formula is C17H22. The van der Waals surface area contributed by atoms with Crippen molar-refractivity contribution in [1.29, 1.82) is 0 Å². The molecule has 0 radical (unpaired) electrons. The molecule has 17 heavy (non-hydrogen) atoms. The second kappa shape index (κ2) is 4.68. The normalized spacial score (nSPS) is 30.1. The number of benzene rings is 1. The Hall–Kier alpha value is -1.04. The van der Waals surface area contributed by atoms with Crippen molar-refractivity contribution in [3.63, 3.8) is 0 Å². The van der Waals surface area contributed by atoms with Gasteiger partial charge in [-0.15, -0.1) is 0 Å². The van der Waals surface area contributed by atoms with Gasteiger partial charge in [0.1, 0.15) is 0 Å². The van der Waals surface area contributed by atoms with Crippen LogP contribution in [-0.4, -0.2) is 0 Å². The number of hydrogen-bond donors (Lipinski definition) is 0. The first kappa shape index (κ1) is 11.1. The first-order valence-electron chi connectivity index (χ1n) is 7.11. The van der Waals surface area contributed by atoms with E-state index in [0.717, 1.165) is 24.2 Å². The molecule has 1 aromatic carbocycles. The fourth-order valence-electron chi connectivity index (χ4n) is 3.52. The molecule has 3 atom stereocenters. The highest BCUT2D eigenvalue weighted by atomic mass is 14.4. The average molecular weight is 226 g/mol. The van der Waals surface area contributed by atoms with Crippen LogP contribution in [0.25, 0.3) is 0 Å². The Morgan fingerprint density at radius 3 is 2.35 bits per heavy atom. The minimum Gasteiger partial charge on any atom is -0.0851 e. The Kier molecular flexibility index (Phi) is 3.05. The van der Waals surface area contributed by atoms with Gasteiger partial charge in [-0.3, -0.25) is 0 Å². The van der Waals surface area contributed by atoms with E-state index in [0.29, 0.717) is 0 Å². The summed E-state index contributed by atoms with van der Waals surface area (Å²) in [4.78, 5) is 0. The van der Waals surface area contributed by atoms with Gasteiger partial charge in [0.05, 0.1) is 0 Å². The molecular weight excluding hydrogens is 204 g/mol. The highest BCUT2D eigenvalue weighted by molar-refractivity contribution is 5.22. The van der Waals surface area contributed by atoms with Gasteiger partial charge in [-0.05, 0) is 61.0 Å². The van der Waals surface area contributed by atoms with Gasteiger partial charge in [0, 0.05) is 0 Å². The minimum absolute atomic E-state index is 0.912. The molecule has 0 heteroatoms. The van der Waals surface area contributed by atoms with E-state index in [-0.39, 0.29) is 0 Å². The highest BCUT2D eigenvalue weighted by Crippen LogP contribution is 2.45. The van der Waals surface area contributed by atoms with Crippen LogP contribution in [0.5, 0.6) is 0 Å². The van der Waals surface area contributed by atoms with E-state index in [1.165, 1.54) is 36.8 Å². The van der Waals surface area contributed by atoms with Crippen LogP contribution < -0.4 is 0 Å². The summed E-state index contributed by atoms with van der Waals surface area (Å²) in [5, 5.41) is 0. The van der Waals surface area contributed by atoms with Crippen molar-refractivity contribution in [2.75, 3.05) is 0 Å². The van der Waals surface area contributed by atoms with E-state index >= 15 is 0 Å². The monoisotopic (exact) mass is 226 g/mol. The summed E-state index contributed by atoms with van der Waals surface area (Å²) >= 11 is 0. The van der Waals surface area contributed by atoms with E-state index in [1.54, 1.807) is 0 Å². The van der Waals surface area contributed by atoms with Crippen LogP contribution in [0, 0.1) is 17.8 Å². The van der Waals surface area contributed by atoms with Gasteiger partial charge in [-0.2, -0.15) is 0 Å². The van der Waals surface area contributed by atoms with Crippen molar-refractivity contribution in [2.24, 2.45) is 17.8 Å². The van der Waals surface area contributed by atoms with Crippen LogP contribution in [0.4, 0.5) is 0 Å². The van der Waals surface area contributed by atoms with Crippen LogP contribution >= 0.6 is 0 Å². The third kappa shape index (κ3) is 2.31. The summed E-state index contributed by atoms with van der Waals surface area (Å²) in [6, 6.07) is 9.22. The SMILES string of the molecule is CCc1ccc(CCC2CC3C=CC2C3)cc1. The molecule has 0 aromatic heterocycles. The fourth-order valence-corrected chi connectivity index (χ4v) is 3.52. The number of hydrogen-bond acceptors (Lipinski definition) is 0. The van der Waals surface area contributed by atoms with Crippen molar-refractivity contribution < 1.29 is 0 Å². The van der Waals surface area contributed by atoms with Crippen molar-refractivity contribution in [2.45, 2.75) is 39.0 Å². The van der Waals surface area contributed by atoms with E-state index in [4.69, 9.17) is 0 Å². The molecule has 3 unspecified atom stereocenters. The molecule has 0 saturated heterocycles. The molecule has 1 saturated carbocycles. The van der Waals surface area contributed by atoms with E-state index in [2.05, 4.69) is 43.3 Å². The van der Waals surface area contributed by atoms with Gasteiger partial charge in [0.15, 0.2) is 0 Å². The Morgan fingerprint density at radius 1 is 1.00 bits per heavy atom. The topological polar surface area (TPSA) is 0 Å². The Balaban J connectivity index is 1.55. The molecule has 1 aromatic rings. The summed E-state index contributed by atoms with van der Waals surface area (Å²) in [6.45, 7) is 2.22. The zero-order chi connectivity index (χ0) is 11.7. The van der Waals surface area contributed by atoms with Crippen molar-refractivity contribution in [3.05, 3.63) is 47.5 Å². The fraction of sp³-hybridized carbons (Fsp3) is 0.529. The molecule has 0 N–H and O–H groups in total. The number of rotatable bonds is 4. The molecule has 1 fully saturated rings. The maximum atomic E-state index is 2.47. The lowest BCUT2D eigenvalue weighted by atomic mass is 9.88. The lowest BCUT2D eigenvalue weighted by Crippen LogP contribution is -2.08. The maximum Gasteiger partial charge on any atom is -0.0199 e. The zero-order valence-electron chi connectivity index (χ0n) is 10.7. The van der Waals surface area contributed by atoms with Crippen molar-refractivity contribution in [1.82, 2.24) is 0 Å². The smallest absolute Gasteiger partial charge is 0.0199 e. The van der Waals surface area contributed by atoms with Gasteiger partial charge in [0.25, 0.3) is 0 Å². The Labute approximate surface area is 105 Å². The van der Waals surface area contributed by atoms with Crippen LogP contribution in [0.2, 0.25) is 0 Å². The summed E-state index contributed by atoms with van der Waals surface area (Å²) in [6.07, 6.45) is 11.6. The molecule has 0 aliphatic heterocycles. The van der Waals surface area contributed by atoms with Crippen LogP contribution in [0.15, 0.2) is 36.4 Å². The van der Waals surface area contributed by atoms with Gasteiger partial charge in [-0.1, -0.05) is 43.3 Å². The first-order chi connectivity index (χ1) is 8.35. The maximum absolute atomic E-state index is 2.47. The molecule has 0 heterocycles. The molecule has 2 bridgehead atoms. The zero-order valence-corrected chi connectivity index (χ0v) is 10.7. The Bertz CT molecular complexity index is 399. The molecule has 2 aliphatic carbocycles. The third-order valence-corrected chi connectivity index (χ3v) is 4.65. The first-order valence-corrected chi connectivity index (χ1v) is 7.11. The second-order valence-electron chi connectivity index (χ2n) is 5.75. The largest absolute Gasteiger partial charge is 0.0851 e. The molecule has 0 nitrogen and oxygen atoms in total. The molecule has 0 amide bonds. The average Bonchev–Trinajstić information content (AvgIpc) is 2.99. The molecule has 3 rings (SSSR count). The second-order valence-corrected chi connectivity index (χ2v) is 5.75. The number of fused-ring (bicyclic) bond motifs is 2. The summed E-state index contributed by atoms with van der Waals surface area (Å²) in [7, 11) is 0. The lowest BCUT2D eigenvalue weighted by Gasteiger charge is -2.17. The standard InChI is InChI=1S/C17H22/c1-2-13-3-5-14(6-4-13)7-9-16-11-15-8-10-17(16)12-15/h3-6,8,10,15-17H,2,7,9,11-12H2,1H3. The minimum atomic E-state index is 0.912. The van der Waals surface area contributed by atoms with Crippen LogP contribution in [0.3, 0.4) is 0 Å². The summed E-state index contributed by atoms with van der Waals surface area (Å²) in [5.41, 5.74) is 2.98. The van der Waals surface area contributed by atoms with Crippen LogP contribution in [-0.2, 0) is 12.8 Å². The van der Waals surface area contributed by atoms with E-state index in [9.17, 15) is 0 Å². The predicted molar refractivity (Wildman–Crippen MR) is 73.0 cm³/mol. The van der Waals surface area contributed by atoms with Gasteiger partial charge < -0.3 is 0 Å². The quantitative estimate of drug-likeness (QED) is 0.668. The van der Waals surface area contributed by atoms with E-state index < -0.39 is 0 Å².